The van der Waals surface area contributed by atoms with Crippen LogP contribution in [0.2, 0.25) is 0 Å². The first kappa shape index (κ1) is 19.1. The maximum atomic E-state index is 13.3. The maximum absolute atomic E-state index is 13.3. The summed E-state index contributed by atoms with van der Waals surface area (Å²) in [5.41, 5.74) is 4.24. The third kappa shape index (κ3) is 3.38. The lowest BCUT2D eigenvalue weighted by atomic mass is 10.0. The molecule has 0 spiro atoms. The van der Waals surface area contributed by atoms with Gasteiger partial charge in [0.2, 0.25) is 0 Å². The van der Waals surface area contributed by atoms with Gasteiger partial charge in [0.15, 0.2) is 5.11 Å². The molecule has 1 atom stereocenters. The summed E-state index contributed by atoms with van der Waals surface area (Å²) in [4.78, 5) is 14.8. The van der Waals surface area contributed by atoms with Gasteiger partial charge in [0.05, 0.1) is 23.7 Å². The van der Waals surface area contributed by atoms with Gasteiger partial charge in [0, 0.05) is 11.3 Å². The average Bonchev–Trinajstić information content (AvgIpc) is 3.18. The Hall–Kier alpha value is -3.19. The van der Waals surface area contributed by atoms with E-state index in [-0.39, 0.29) is 5.91 Å². The highest BCUT2D eigenvalue weighted by atomic mass is 32.1. The molecule has 7 heteroatoms. The normalized spacial score (nSPS) is 16.2. The number of carbonyl (C=O) groups is 1. The van der Waals surface area contributed by atoms with Crippen molar-refractivity contribution in [3.8, 4) is 11.4 Å². The Balaban J connectivity index is 1.67. The molecule has 1 N–H and O–H groups in total. The SMILES string of the molecule is CCOc1ccc(N2C(=O)[C@H](c3c(C)nn(-c4ccccc4)c3C)NC2=S)cc1. The molecule has 0 bridgehead atoms. The molecule has 1 fully saturated rings. The van der Waals surface area contributed by atoms with Crippen LogP contribution in [0.25, 0.3) is 5.69 Å². The molecule has 2 aromatic carbocycles. The number of hydrogen-bond acceptors (Lipinski definition) is 4. The zero-order chi connectivity index (χ0) is 20.5. The molecule has 0 saturated carbocycles. The number of nitrogens with zero attached hydrogens (tertiary/aromatic N) is 3. The van der Waals surface area contributed by atoms with Crippen molar-refractivity contribution in [1.82, 2.24) is 15.1 Å². The lowest BCUT2D eigenvalue weighted by Gasteiger charge is -2.15. The van der Waals surface area contributed by atoms with Crippen LogP contribution in [0.5, 0.6) is 5.75 Å². The predicted molar refractivity (Wildman–Crippen MR) is 117 cm³/mol. The second-order valence-electron chi connectivity index (χ2n) is 6.81. The van der Waals surface area contributed by atoms with Crippen molar-refractivity contribution in [2.45, 2.75) is 26.8 Å². The molecule has 4 rings (SSSR count). The van der Waals surface area contributed by atoms with Gasteiger partial charge in [-0.1, -0.05) is 18.2 Å². The number of anilines is 1. The molecule has 0 unspecified atom stereocenters. The lowest BCUT2D eigenvalue weighted by molar-refractivity contribution is -0.118. The first-order chi connectivity index (χ1) is 14.0. The van der Waals surface area contributed by atoms with Gasteiger partial charge in [-0.25, -0.2) is 4.68 Å². The van der Waals surface area contributed by atoms with Crippen LogP contribution < -0.4 is 15.0 Å². The molecule has 1 aliphatic rings. The Labute approximate surface area is 175 Å². The number of hydrogen-bond donors (Lipinski definition) is 1. The first-order valence-corrected chi connectivity index (χ1v) is 9.91. The van der Waals surface area contributed by atoms with E-state index in [0.29, 0.717) is 17.4 Å². The molecule has 148 valence electrons. The van der Waals surface area contributed by atoms with E-state index in [1.807, 2.05) is 80.1 Å². The van der Waals surface area contributed by atoms with E-state index in [0.717, 1.165) is 28.4 Å². The smallest absolute Gasteiger partial charge is 0.260 e. The topological polar surface area (TPSA) is 59.4 Å². The molecule has 6 nitrogen and oxygen atoms in total. The number of aryl methyl sites for hydroxylation is 1. The van der Waals surface area contributed by atoms with Gasteiger partial charge in [0.1, 0.15) is 11.8 Å². The molecule has 1 aliphatic heterocycles. The quantitative estimate of drug-likeness (QED) is 0.652. The maximum Gasteiger partial charge on any atom is 0.260 e. The van der Waals surface area contributed by atoms with Crippen LogP contribution >= 0.6 is 12.2 Å². The van der Waals surface area contributed by atoms with E-state index in [2.05, 4.69) is 10.4 Å². The second-order valence-corrected chi connectivity index (χ2v) is 7.20. The number of rotatable bonds is 5. The van der Waals surface area contributed by atoms with Gasteiger partial charge in [0.25, 0.3) is 5.91 Å². The Morgan fingerprint density at radius 3 is 2.41 bits per heavy atom. The van der Waals surface area contributed by atoms with E-state index >= 15 is 0 Å². The molecule has 3 aromatic rings. The van der Waals surface area contributed by atoms with Gasteiger partial charge < -0.3 is 10.1 Å². The van der Waals surface area contributed by atoms with Gasteiger partial charge >= 0.3 is 0 Å². The number of aromatic nitrogens is 2. The van der Waals surface area contributed by atoms with E-state index in [1.165, 1.54) is 4.90 Å². The number of thiocarbonyl (C=S) groups is 1. The molecular weight excluding hydrogens is 384 g/mol. The second kappa shape index (κ2) is 7.67. The zero-order valence-corrected chi connectivity index (χ0v) is 17.4. The molecular formula is C22H22N4O2S. The minimum atomic E-state index is -0.563. The van der Waals surface area contributed by atoms with Gasteiger partial charge in [-0.15, -0.1) is 0 Å². The first-order valence-electron chi connectivity index (χ1n) is 9.50. The highest BCUT2D eigenvalue weighted by Gasteiger charge is 2.40. The molecule has 1 amide bonds. The van der Waals surface area contributed by atoms with Gasteiger partial charge in [-0.05, 0) is 69.4 Å². The fourth-order valence-corrected chi connectivity index (χ4v) is 3.98. The van der Waals surface area contributed by atoms with Crippen molar-refractivity contribution in [3.05, 3.63) is 71.5 Å². The van der Waals surface area contributed by atoms with Crippen LogP contribution in [-0.2, 0) is 4.79 Å². The summed E-state index contributed by atoms with van der Waals surface area (Å²) in [6.07, 6.45) is 0. The van der Waals surface area contributed by atoms with Crippen molar-refractivity contribution in [1.29, 1.82) is 0 Å². The van der Waals surface area contributed by atoms with Crippen LogP contribution in [0, 0.1) is 13.8 Å². The standard InChI is InChI=1S/C22H22N4O2S/c1-4-28-18-12-10-16(11-13-18)25-21(27)20(23-22(25)29)19-14(2)24-26(15(19)3)17-8-6-5-7-9-17/h5-13,20H,4H2,1-3H3,(H,23,29)/t20-/m0/s1. The summed E-state index contributed by atoms with van der Waals surface area (Å²) in [5.74, 6) is 0.645. The Bertz CT molecular complexity index is 1060. The fourth-order valence-electron chi connectivity index (χ4n) is 3.67. The van der Waals surface area contributed by atoms with E-state index < -0.39 is 6.04 Å². The number of nitrogens with one attached hydrogen (secondary N) is 1. The zero-order valence-electron chi connectivity index (χ0n) is 16.5. The van der Waals surface area contributed by atoms with Crippen molar-refractivity contribution < 1.29 is 9.53 Å². The van der Waals surface area contributed by atoms with Crippen LogP contribution in [0.4, 0.5) is 5.69 Å². The number of ether oxygens (including phenoxy) is 1. The summed E-state index contributed by atoms with van der Waals surface area (Å²) >= 11 is 5.48. The molecule has 29 heavy (non-hydrogen) atoms. The lowest BCUT2D eigenvalue weighted by Crippen LogP contribution is -2.30. The van der Waals surface area contributed by atoms with E-state index in [4.69, 9.17) is 17.0 Å². The van der Waals surface area contributed by atoms with Gasteiger partial charge in [-0.3, -0.25) is 9.69 Å². The number of carbonyl (C=O) groups excluding carboxylic acids is 1. The molecule has 1 saturated heterocycles. The Morgan fingerprint density at radius 2 is 1.76 bits per heavy atom. The van der Waals surface area contributed by atoms with Crippen molar-refractivity contribution in [2.75, 3.05) is 11.5 Å². The minimum Gasteiger partial charge on any atom is -0.494 e. The summed E-state index contributed by atoms with van der Waals surface area (Å²) in [6.45, 7) is 6.41. The van der Waals surface area contributed by atoms with Crippen LogP contribution in [-0.4, -0.2) is 27.4 Å². The third-order valence-corrected chi connectivity index (χ3v) is 5.28. The van der Waals surface area contributed by atoms with Crippen molar-refractivity contribution in [2.24, 2.45) is 0 Å². The van der Waals surface area contributed by atoms with Crippen molar-refractivity contribution >= 4 is 28.9 Å². The highest BCUT2D eigenvalue weighted by Crippen LogP contribution is 2.32. The number of benzene rings is 2. The molecule has 2 heterocycles. The molecule has 1 aromatic heterocycles. The summed E-state index contributed by atoms with van der Waals surface area (Å²) in [5, 5.41) is 8.22. The summed E-state index contributed by atoms with van der Waals surface area (Å²) < 4.78 is 7.34. The third-order valence-electron chi connectivity index (χ3n) is 4.98. The Kier molecular flexibility index (Phi) is 5.07. The molecule has 0 aliphatic carbocycles. The van der Waals surface area contributed by atoms with Crippen LogP contribution in [0.15, 0.2) is 54.6 Å². The van der Waals surface area contributed by atoms with E-state index in [1.54, 1.807) is 0 Å². The number of amides is 1. The highest BCUT2D eigenvalue weighted by molar-refractivity contribution is 7.80. The minimum absolute atomic E-state index is 0.113. The summed E-state index contributed by atoms with van der Waals surface area (Å²) in [6, 6.07) is 16.7. The van der Waals surface area contributed by atoms with Crippen molar-refractivity contribution in [3.63, 3.8) is 0 Å². The fraction of sp³-hybridized carbons (Fsp3) is 0.227. The summed E-state index contributed by atoms with van der Waals surface area (Å²) in [7, 11) is 0. The number of para-hydroxylation sites is 1. The predicted octanol–water partition coefficient (Wildman–Crippen LogP) is 3.85. The Morgan fingerprint density at radius 1 is 1.07 bits per heavy atom. The van der Waals surface area contributed by atoms with Crippen LogP contribution in [0.1, 0.15) is 29.9 Å². The largest absolute Gasteiger partial charge is 0.494 e. The van der Waals surface area contributed by atoms with Gasteiger partial charge in [-0.2, -0.15) is 5.10 Å². The van der Waals surface area contributed by atoms with E-state index in [9.17, 15) is 4.79 Å². The van der Waals surface area contributed by atoms with Crippen LogP contribution in [0.3, 0.4) is 0 Å². The monoisotopic (exact) mass is 406 g/mol. The molecule has 0 radical (unpaired) electrons. The average molecular weight is 407 g/mol.